The quantitative estimate of drug-likeness (QED) is 0.180. The highest BCUT2D eigenvalue weighted by atomic mass is 31.1. The molecule has 0 saturated heterocycles. The number of benzene rings is 4. The molecule has 222 valence electrons. The molecule has 1 heterocycles. The van der Waals surface area contributed by atoms with Crippen LogP contribution in [0.15, 0.2) is 121 Å². The molecule has 0 bridgehead atoms. The highest BCUT2D eigenvalue weighted by molar-refractivity contribution is 7.75. The molecule has 0 amide bonds. The summed E-state index contributed by atoms with van der Waals surface area (Å²) in [6.07, 6.45) is 4.63. The second kappa shape index (κ2) is 13.4. The van der Waals surface area contributed by atoms with E-state index in [0.29, 0.717) is 23.7 Å². The minimum absolute atomic E-state index is 0.402. The second-order valence-electron chi connectivity index (χ2n) is 12.9. The van der Waals surface area contributed by atoms with Crippen molar-refractivity contribution >= 4 is 29.9 Å². The molecule has 0 aromatic heterocycles. The first kappa shape index (κ1) is 30.8. The topological polar surface area (TPSA) is 6.48 Å². The summed E-state index contributed by atoms with van der Waals surface area (Å²) in [5, 5.41) is 2.78. The van der Waals surface area contributed by atoms with Gasteiger partial charge in [0.05, 0.1) is 19.3 Å². The average Bonchev–Trinajstić information content (AvgIpc) is 3.42. The summed E-state index contributed by atoms with van der Waals surface area (Å²) < 4.78 is 0. The zero-order chi connectivity index (χ0) is 30.7. The van der Waals surface area contributed by atoms with Gasteiger partial charge in [0.1, 0.15) is 16.4 Å². The van der Waals surface area contributed by atoms with Crippen LogP contribution in [0, 0.1) is 0 Å². The van der Waals surface area contributed by atoms with E-state index in [-0.39, 0.29) is 0 Å². The lowest BCUT2D eigenvalue weighted by Gasteiger charge is -2.32. The maximum absolute atomic E-state index is 2.60. The number of hydrogen-bond donors (Lipinski definition) is 0. The van der Waals surface area contributed by atoms with E-state index in [1.54, 1.807) is 0 Å². The predicted octanol–water partition coefficient (Wildman–Crippen LogP) is 10.6. The number of anilines is 2. The van der Waals surface area contributed by atoms with Crippen LogP contribution in [-0.4, -0.2) is 0 Å². The zero-order valence-corrected chi connectivity index (χ0v) is 28.2. The molecule has 0 N–H and O–H groups in total. The van der Waals surface area contributed by atoms with Gasteiger partial charge in [0.2, 0.25) is 0 Å². The largest absolute Gasteiger partial charge is 0.298 e. The van der Waals surface area contributed by atoms with Gasteiger partial charge < -0.3 is 0 Å². The van der Waals surface area contributed by atoms with Gasteiger partial charge in [-0.15, -0.1) is 0 Å². The van der Waals surface area contributed by atoms with Gasteiger partial charge in [-0.1, -0.05) is 128 Å². The third-order valence-corrected chi connectivity index (χ3v) is 10.9. The van der Waals surface area contributed by atoms with Gasteiger partial charge in [-0.3, -0.25) is 9.80 Å². The maximum atomic E-state index is 2.60. The smallest absolute Gasteiger partial charge is 0.158 e. The Labute approximate surface area is 261 Å². The summed E-state index contributed by atoms with van der Waals surface area (Å²) >= 11 is 0. The zero-order valence-electron chi connectivity index (χ0n) is 27.2. The molecule has 1 aliphatic rings. The van der Waals surface area contributed by atoms with E-state index in [1.165, 1.54) is 50.1 Å². The summed E-state index contributed by atoms with van der Waals surface area (Å²) in [7, 11) is -1.28. The van der Waals surface area contributed by atoms with Crippen molar-refractivity contribution in [2.24, 2.45) is 0 Å². The van der Waals surface area contributed by atoms with Crippen LogP contribution < -0.4 is 20.4 Å². The SMILES string of the molecule is CC(C)c1cccc(C(C)C)c1N1C=CN(c2c(C(C)C)cccc2C(C)C)C1=C[PH+](c1ccccc1)c1ccccc1. The molecule has 0 unspecified atom stereocenters. The fraction of sp³-hybridized carbons (Fsp3) is 0.300. The molecule has 1 aliphatic heterocycles. The molecular formula is C40H48N2P+. The van der Waals surface area contributed by atoms with Gasteiger partial charge >= 0.3 is 0 Å². The fourth-order valence-electron chi connectivity index (χ4n) is 6.20. The number of rotatable bonds is 9. The first-order valence-corrected chi connectivity index (χ1v) is 17.5. The summed E-state index contributed by atoms with van der Waals surface area (Å²) in [5.74, 6) is 5.43. The monoisotopic (exact) mass is 587 g/mol. The van der Waals surface area contributed by atoms with E-state index in [1.807, 2.05) is 0 Å². The molecule has 5 rings (SSSR count). The number of para-hydroxylation sites is 2. The van der Waals surface area contributed by atoms with E-state index >= 15 is 0 Å². The van der Waals surface area contributed by atoms with Crippen LogP contribution in [0.25, 0.3) is 0 Å². The highest BCUT2D eigenvalue weighted by Gasteiger charge is 2.34. The van der Waals surface area contributed by atoms with Crippen molar-refractivity contribution in [1.82, 2.24) is 0 Å². The molecule has 4 aromatic rings. The second-order valence-corrected chi connectivity index (χ2v) is 15.1. The van der Waals surface area contributed by atoms with Crippen molar-refractivity contribution in [2.75, 3.05) is 9.80 Å². The molecule has 3 heteroatoms. The average molecular weight is 588 g/mol. The number of hydrogen-bond acceptors (Lipinski definition) is 2. The molecule has 0 fully saturated rings. The Balaban J connectivity index is 1.82. The van der Waals surface area contributed by atoms with Gasteiger partial charge in [0.25, 0.3) is 0 Å². The van der Waals surface area contributed by atoms with Crippen LogP contribution in [-0.2, 0) is 0 Å². The molecule has 0 aliphatic carbocycles. The maximum Gasteiger partial charge on any atom is 0.158 e. The Morgan fingerprint density at radius 2 is 0.767 bits per heavy atom. The van der Waals surface area contributed by atoms with Gasteiger partial charge in [0.15, 0.2) is 5.82 Å². The Morgan fingerprint density at radius 1 is 0.442 bits per heavy atom. The van der Waals surface area contributed by atoms with Crippen molar-refractivity contribution in [1.29, 1.82) is 0 Å². The van der Waals surface area contributed by atoms with Crippen LogP contribution in [0.4, 0.5) is 11.4 Å². The van der Waals surface area contributed by atoms with E-state index in [0.717, 1.165) is 0 Å². The van der Waals surface area contributed by atoms with E-state index in [9.17, 15) is 0 Å². The molecule has 2 nitrogen and oxygen atoms in total. The lowest BCUT2D eigenvalue weighted by molar-refractivity contribution is 0.820. The molecule has 4 aromatic carbocycles. The van der Waals surface area contributed by atoms with E-state index in [4.69, 9.17) is 0 Å². The Bertz CT molecular complexity index is 1410. The first-order chi connectivity index (χ1) is 20.7. The van der Waals surface area contributed by atoms with Gasteiger partial charge in [-0.05, 0) is 70.2 Å². The van der Waals surface area contributed by atoms with Gasteiger partial charge in [-0.2, -0.15) is 0 Å². The van der Waals surface area contributed by atoms with Crippen LogP contribution in [0.5, 0.6) is 0 Å². The van der Waals surface area contributed by atoms with Crippen LogP contribution >= 0.6 is 7.92 Å². The third-order valence-electron chi connectivity index (χ3n) is 8.47. The summed E-state index contributed by atoms with van der Waals surface area (Å²) in [6.45, 7) is 18.5. The Kier molecular flexibility index (Phi) is 9.58. The van der Waals surface area contributed by atoms with Crippen molar-refractivity contribution in [3.8, 4) is 0 Å². The molecule has 0 radical (unpaired) electrons. The molecule has 0 atom stereocenters. The lowest BCUT2D eigenvalue weighted by Crippen LogP contribution is -2.27. The Morgan fingerprint density at radius 3 is 1.07 bits per heavy atom. The van der Waals surface area contributed by atoms with Crippen molar-refractivity contribution in [3.63, 3.8) is 0 Å². The number of nitrogens with zero attached hydrogens (tertiary/aromatic N) is 2. The van der Waals surface area contributed by atoms with Crippen LogP contribution in [0.1, 0.15) is 101 Å². The van der Waals surface area contributed by atoms with Crippen molar-refractivity contribution in [2.45, 2.75) is 79.1 Å². The predicted molar refractivity (Wildman–Crippen MR) is 192 cm³/mol. The molecule has 43 heavy (non-hydrogen) atoms. The molecule has 0 saturated carbocycles. The van der Waals surface area contributed by atoms with Crippen molar-refractivity contribution in [3.05, 3.63) is 143 Å². The van der Waals surface area contributed by atoms with Crippen LogP contribution in [0.2, 0.25) is 0 Å². The van der Waals surface area contributed by atoms with E-state index < -0.39 is 7.92 Å². The first-order valence-electron chi connectivity index (χ1n) is 15.9. The minimum Gasteiger partial charge on any atom is -0.298 e. The Hall–Kier alpha value is -3.61. The summed E-state index contributed by atoms with van der Waals surface area (Å²) in [6, 6.07) is 35.9. The standard InChI is InChI=1S/C40H47N2P/c1-28(2)34-21-15-22-35(29(3)4)39(34)41-25-26-42(40-36(30(5)6)23-16-24-37(40)31(7)8)38(41)27-43(32-17-11-9-12-18-32)33-19-13-10-14-20-33/h9-31H,1-8H3/p+1. The normalized spacial score (nSPS) is 13.5. The van der Waals surface area contributed by atoms with E-state index in [2.05, 4.69) is 180 Å². The van der Waals surface area contributed by atoms with Gasteiger partial charge in [0, 0.05) is 12.4 Å². The molecular weight excluding hydrogens is 539 g/mol. The summed E-state index contributed by atoms with van der Waals surface area (Å²) in [4.78, 5) is 5.00. The minimum atomic E-state index is -1.28. The van der Waals surface area contributed by atoms with Crippen LogP contribution in [0.3, 0.4) is 0 Å². The van der Waals surface area contributed by atoms with Crippen molar-refractivity contribution < 1.29 is 0 Å². The third kappa shape index (κ3) is 6.36. The molecule has 0 spiro atoms. The van der Waals surface area contributed by atoms with Gasteiger partial charge in [-0.25, -0.2) is 0 Å². The highest BCUT2D eigenvalue weighted by Crippen LogP contribution is 2.47. The lowest BCUT2D eigenvalue weighted by atomic mass is 9.91. The fourth-order valence-corrected chi connectivity index (χ4v) is 8.50. The summed E-state index contributed by atoms with van der Waals surface area (Å²) in [5.41, 5.74) is 8.20.